The molecule has 0 saturated carbocycles. The lowest BCUT2D eigenvalue weighted by atomic mass is 10.3. The van der Waals surface area contributed by atoms with Gasteiger partial charge in [0, 0.05) is 0 Å². The van der Waals surface area contributed by atoms with Gasteiger partial charge in [-0.25, -0.2) is 10.1 Å². The molecule has 0 unspecified atom stereocenters. The number of benzene rings is 2. The molecule has 132 valence electrons. The monoisotopic (exact) mass is 368 g/mol. The van der Waals surface area contributed by atoms with Crippen LogP contribution in [-0.2, 0) is 4.79 Å². The number of aryl methyl sites for hydroxylation is 1. The fraction of sp³-hybridized carbons (Fsp3) is 0.105. The number of rotatable bonds is 6. The first-order chi connectivity index (χ1) is 12.6. The largest absolute Gasteiger partial charge is 0.484 e. The third-order valence-corrected chi connectivity index (χ3v) is 3.91. The number of carbonyl (C=O) groups excluding carboxylic acids is 1. The molecule has 0 spiro atoms. The third-order valence-electron chi connectivity index (χ3n) is 3.54. The Morgan fingerprint density at radius 2 is 1.85 bits per heavy atom. The number of hydrogen-bond donors (Lipinski definition) is 1. The second-order valence-corrected chi connectivity index (χ2v) is 5.79. The molecule has 0 aliphatic heterocycles. The summed E-state index contributed by atoms with van der Waals surface area (Å²) in [6.45, 7) is 1.70. The van der Waals surface area contributed by atoms with Gasteiger partial charge in [0.2, 0.25) is 0 Å². The van der Waals surface area contributed by atoms with E-state index in [-0.39, 0.29) is 12.5 Å². The van der Waals surface area contributed by atoms with Crippen molar-refractivity contribution in [3.63, 3.8) is 0 Å². The van der Waals surface area contributed by atoms with Gasteiger partial charge in [-0.3, -0.25) is 4.79 Å². The zero-order chi connectivity index (χ0) is 18.4. The van der Waals surface area contributed by atoms with Crippen LogP contribution in [0.15, 0.2) is 65.8 Å². The quantitative estimate of drug-likeness (QED) is 0.535. The predicted octanol–water partition coefficient (Wildman–Crippen LogP) is 3.36. The van der Waals surface area contributed by atoms with Crippen LogP contribution < -0.4 is 10.2 Å². The van der Waals surface area contributed by atoms with E-state index in [9.17, 15) is 4.79 Å². The van der Waals surface area contributed by atoms with E-state index in [1.54, 1.807) is 16.8 Å². The van der Waals surface area contributed by atoms with Crippen molar-refractivity contribution < 1.29 is 9.53 Å². The Bertz CT molecular complexity index is 908. The van der Waals surface area contributed by atoms with Crippen LogP contribution in [0.3, 0.4) is 0 Å². The number of nitrogens with one attached hydrogen (secondary N) is 1. The van der Waals surface area contributed by atoms with E-state index in [2.05, 4.69) is 15.6 Å². The van der Waals surface area contributed by atoms with E-state index >= 15 is 0 Å². The second-order valence-electron chi connectivity index (χ2n) is 5.43. The molecule has 1 heterocycles. The molecule has 1 amide bonds. The standard InChI is InChI=1S/C19H17ClN4O2/c1-14-17(19(20)24(23-14)15-8-4-2-5-9-15)12-21-22-18(25)13-26-16-10-6-3-7-11-16/h2-12H,13H2,1H3,(H,22,25)/b21-12-. The molecule has 0 bridgehead atoms. The Morgan fingerprint density at radius 1 is 1.19 bits per heavy atom. The fourth-order valence-corrected chi connectivity index (χ4v) is 2.59. The number of ether oxygens (including phenoxy) is 1. The van der Waals surface area contributed by atoms with Crippen molar-refractivity contribution in [3.05, 3.63) is 77.1 Å². The lowest BCUT2D eigenvalue weighted by Crippen LogP contribution is -2.24. The highest BCUT2D eigenvalue weighted by Gasteiger charge is 2.13. The van der Waals surface area contributed by atoms with Gasteiger partial charge < -0.3 is 4.74 Å². The maximum atomic E-state index is 11.8. The van der Waals surface area contributed by atoms with Crippen molar-refractivity contribution in [1.82, 2.24) is 15.2 Å². The van der Waals surface area contributed by atoms with Crippen LogP contribution in [0, 0.1) is 6.92 Å². The van der Waals surface area contributed by atoms with E-state index in [1.165, 1.54) is 6.21 Å². The molecule has 0 radical (unpaired) electrons. The van der Waals surface area contributed by atoms with Crippen molar-refractivity contribution in [2.24, 2.45) is 5.10 Å². The summed E-state index contributed by atoms with van der Waals surface area (Å²) in [5.74, 6) is 0.254. The van der Waals surface area contributed by atoms with E-state index in [0.717, 1.165) is 5.69 Å². The molecule has 6 nitrogen and oxygen atoms in total. The van der Waals surface area contributed by atoms with Crippen molar-refractivity contribution in [3.8, 4) is 11.4 Å². The molecule has 0 aliphatic rings. The molecule has 1 aromatic heterocycles. The summed E-state index contributed by atoms with van der Waals surface area (Å²) in [6.07, 6.45) is 1.48. The lowest BCUT2D eigenvalue weighted by Gasteiger charge is -2.04. The van der Waals surface area contributed by atoms with Gasteiger partial charge in [0.05, 0.1) is 23.2 Å². The molecule has 26 heavy (non-hydrogen) atoms. The number of amides is 1. The lowest BCUT2D eigenvalue weighted by molar-refractivity contribution is -0.123. The molecule has 2 aromatic carbocycles. The Kier molecular flexibility index (Phi) is 5.66. The summed E-state index contributed by atoms with van der Waals surface area (Å²) in [6, 6.07) is 18.6. The van der Waals surface area contributed by atoms with Crippen LogP contribution in [0.5, 0.6) is 5.75 Å². The second kappa shape index (κ2) is 8.31. The van der Waals surface area contributed by atoms with E-state index < -0.39 is 0 Å². The van der Waals surface area contributed by atoms with Crippen LogP contribution in [0.1, 0.15) is 11.3 Å². The fourth-order valence-electron chi connectivity index (χ4n) is 2.26. The highest BCUT2D eigenvalue weighted by molar-refractivity contribution is 6.32. The summed E-state index contributed by atoms with van der Waals surface area (Å²) in [7, 11) is 0. The highest BCUT2D eigenvalue weighted by atomic mass is 35.5. The Labute approximate surface area is 156 Å². The predicted molar refractivity (Wildman–Crippen MR) is 101 cm³/mol. The Hall–Kier alpha value is -3.12. The highest BCUT2D eigenvalue weighted by Crippen LogP contribution is 2.21. The third kappa shape index (κ3) is 4.29. The number of nitrogens with zero attached hydrogens (tertiary/aromatic N) is 3. The molecular formula is C19H17ClN4O2. The van der Waals surface area contributed by atoms with Gasteiger partial charge in [-0.15, -0.1) is 0 Å². The minimum Gasteiger partial charge on any atom is -0.484 e. The normalized spacial score (nSPS) is 10.8. The van der Waals surface area contributed by atoms with Gasteiger partial charge >= 0.3 is 0 Å². The number of hydrazone groups is 1. The Balaban J connectivity index is 1.62. The van der Waals surface area contributed by atoms with Gasteiger partial charge in [-0.2, -0.15) is 10.2 Å². The zero-order valence-corrected chi connectivity index (χ0v) is 14.8. The molecule has 3 rings (SSSR count). The summed E-state index contributed by atoms with van der Waals surface area (Å²) in [4.78, 5) is 11.8. The van der Waals surface area contributed by atoms with Crippen molar-refractivity contribution in [2.45, 2.75) is 6.92 Å². The summed E-state index contributed by atoms with van der Waals surface area (Å²) >= 11 is 6.39. The zero-order valence-electron chi connectivity index (χ0n) is 14.1. The smallest absolute Gasteiger partial charge is 0.277 e. The van der Waals surface area contributed by atoms with E-state index in [0.29, 0.717) is 22.2 Å². The van der Waals surface area contributed by atoms with Crippen LogP contribution in [0.4, 0.5) is 0 Å². The minimum absolute atomic E-state index is 0.128. The van der Waals surface area contributed by atoms with Crippen LogP contribution in [0.2, 0.25) is 5.15 Å². The average molecular weight is 369 g/mol. The van der Waals surface area contributed by atoms with E-state index in [4.69, 9.17) is 16.3 Å². The molecule has 3 aromatic rings. The first kappa shape index (κ1) is 17.7. The maximum Gasteiger partial charge on any atom is 0.277 e. The van der Waals surface area contributed by atoms with Gasteiger partial charge in [0.25, 0.3) is 5.91 Å². The number of carbonyl (C=O) groups is 1. The van der Waals surface area contributed by atoms with Gasteiger partial charge in [0.1, 0.15) is 10.9 Å². The van der Waals surface area contributed by atoms with Crippen LogP contribution >= 0.6 is 11.6 Å². The van der Waals surface area contributed by atoms with Crippen molar-refractivity contribution in [2.75, 3.05) is 6.61 Å². The average Bonchev–Trinajstić information content (AvgIpc) is 2.96. The molecular weight excluding hydrogens is 352 g/mol. The van der Waals surface area contributed by atoms with Crippen molar-refractivity contribution >= 4 is 23.7 Å². The molecule has 1 N–H and O–H groups in total. The summed E-state index contributed by atoms with van der Waals surface area (Å²) in [5, 5.41) is 8.77. The molecule has 0 fully saturated rings. The minimum atomic E-state index is -0.366. The van der Waals surface area contributed by atoms with Gasteiger partial charge in [-0.1, -0.05) is 48.0 Å². The first-order valence-corrected chi connectivity index (χ1v) is 8.33. The molecule has 0 atom stereocenters. The van der Waals surface area contributed by atoms with E-state index in [1.807, 2.05) is 55.5 Å². The van der Waals surface area contributed by atoms with Gasteiger partial charge in [-0.05, 0) is 31.2 Å². The number of para-hydroxylation sites is 2. The number of hydrogen-bond acceptors (Lipinski definition) is 4. The summed E-state index contributed by atoms with van der Waals surface area (Å²) < 4.78 is 6.98. The number of aromatic nitrogens is 2. The topological polar surface area (TPSA) is 68.5 Å². The first-order valence-electron chi connectivity index (χ1n) is 7.95. The Morgan fingerprint density at radius 3 is 2.54 bits per heavy atom. The molecule has 0 aliphatic carbocycles. The van der Waals surface area contributed by atoms with Crippen LogP contribution in [0.25, 0.3) is 5.69 Å². The van der Waals surface area contributed by atoms with Crippen molar-refractivity contribution in [1.29, 1.82) is 0 Å². The SMILES string of the molecule is Cc1nn(-c2ccccc2)c(Cl)c1/C=N\NC(=O)COc1ccccc1. The number of halogens is 1. The molecule has 7 heteroatoms. The van der Waals surface area contributed by atoms with Gasteiger partial charge in [0.15, 0.2) is 6.61 Å². The summed E-state index contributed by atoms with van der Waals surface area (Å²) in [5.41, 5.74) is 4.61. The van der Waals surface area contributed by atoms with Crippen LogP contribution in [-0.4, -0.2) is 28.5 Å². The maximum absolute atomic E-state index is 11.8. The molecule has 0 saturated heterocycles.